The highest BCUT2D eigenvalue weighted by Crippen LogP contribution is 2.22. The van der Waals surface area contributed by atoms with Gasteiger partial charge in [0.05, 0.1) is 0 Å². The smallest absolute Gasteiger partial charge is 0.0104 e. The van der Waals surface area contributed by atoms with Crippen LogP contribution in [-0.4, -0.2) is 5.75 Å². The van der Waals surface area contributed by atoms with E-state index in [9.17, 15) is 0 Å². The van der Waals surface area contributed by atoms with E-state index in [0.29, 0.717) is 0 Å². The van der Waals surface area contributed by atoms with Gasteiger partial charge in [0.15, 0.2) is 0 Å². The molecule has 0 aromatic heterocycles. The molecule has 0 saturated heterocycles. The molecule has 1 aromatic rings. The van der Waals surface area contributed by atoms with Crippen LogP contribution in [0.4, 0.5) is 0 Å². The van der Waals surface area contributed by atoms with Crippen molar-refractivity contribution in [2.24, 2.45) is 0 Å². The molecule has 0 fully saturated rings. The fourth-order valence-electron chi connectivity index (χ4n) is 0.971. The lowest BCUT2D eigenvalue weighted by Crippen LogP contribution is -1.81. The minimum absolute atomic E-state index is 1.15. The fraction of sp³-hybridized carbons (Fsp3) is 0.364. The molecule has 0 spiro atoms. The van der Waals surface area contributed by atoms with Gasteiger partial charge in [-0.3, -0.25) is 0 Å². The van der Waals surface area contributed by atoms with Gasteiger partial charge in [-0.25, -0.2) is 0 Å². The molecule has 1 radical (unpaired) electrons. The summed E-state index contributed by atoms with van der Waals surface area (Å²) in [6.45, 7) is 6.20. The largest absolute Gasteiger partial charge is 0.126 e. The lowest BCUT2D eigenvalue weighted by molar-refractivity contribution is 0.896. The monoisotopic (exact) mass is 179 g/mol. The van der Waals surface area contributed by atoms with Gasteiger partial charge in [-0.05, 0) is 30.7 Å². The molecular formula is C11H15S. The van der Waals surface area contributed by atoms with Crippen LogP contribution in [0.2, 0.25) is 0 Å². The fourth-order valence-corrected chi connectivity index (χ4v) is 2.05. The summed E-state index contributed by atoms with van der Waals surface area (Å²) in [6.07, 6.45) is 2.56. The molecule has 0 nitrogen and oxygen atoms in total. The molecule has 1 rings (SSSR count). The van der Waals surface area contributed by atoms with Crippen LogP contribution >= 0.6 is 11.8 Å². The van der Waals surface area contributed by atoms with Gasteiger partial charge in [-0.1, -0.05) is 31.5 Å². The summed E-state index contributed by atoms with van der Waals surface area (Å²) in [4.78, 5) is 1.32. The zero-order chi connectivity index (χ0) is 8.81. The van der Waals surface area contributed by atoms with Gasteiger partial charge in [0.2, 0.25) is 0 Å². The maximum atomic E-state index is 3.98. The summed E-state index contributed by atoms with van der Waals surface area (Å²) in [5.41, 5.74) is 1.15. The van der Waals surface area contributed by atoms with E-state index in [2.05, 4.69) is 32.0 Å². The second kappa shape index (κ2) is 5.26. The molecule has 0 N–H and O–H groups in total. The maximum Gasteiger partial charge on any atom is 0.0104 e. The minimum atomic E-state index is 1.15. The molecule has 0 saturated carbocycles. The first kappa shape index (κ1) is 9.66. The van der Waals surface area contributed by atoms with Crippen molar-refractivity contribution in [3.63, 3.8) is 0 Å². The highest BCUT2D eigenvalue weighted by Gasteiger charge is 1.95. The van der Waals surface area contributed by atoms with Gasteiger partial charge in [0, 0.05) is 4.90 Å². The summed E-state index contributed by atoms with van der Waals surface area (Å²) in [7, 11) is 0. The molecule has 0 aliphatic rings. The molecule has 65 valence electrons. The number of hydrogen-bond acceptors (Lipinski definition) is 1. The number of rotatable bonds is 4. The van der Waals surface area contributed by atoms with E-state index in [4.69, 9.17) is 0 Å². The second-order valence-electron chi connectivity index (χ2n) is 2.81. The zero-order valence-corrected chi connectivity index (χ0v) is 8.36. The third-order valence-corrected chi connectivity index (χ3v) is 2.93. The highest BCUT2D eigenvalue weighted by atomic mass is 32.2. The van der Waals surface area contributed by atoms with Gasteiger partial charge < -0.3 is 0 Å². The molecule has 0 aliphatic carbocycles. The van der Waals surface area contributed by atoms with Crippen LogP contribution in [0.1, 0.15) is 25.3 Å². The van der Waals surface area contributed by atoms with Crippen molar-refractivity contribution >= 4 is 11.8 Å². The Labute approximate surface area is 79.4 Å². The lowest BCUT2D eigenvalue weighted by atomic mass is 10.2. The average molecular weight is 179 g/mol. The van der Waals surface area contributed by atoms with Crippen LogP contribution in [-0.2, 0) is 0 Å². The Bertz CT molecular complexity index is 230. The first-order chi connectivity index (χ1) is 5.84. The van der Waals surface area contributed by atoms with Gasteiger partial charge in [0.25, 0.3) is 0 Å². The van der Waals surface area contributed by atoms with Gasteiger partial charge >= 0.3 is 0 Å². The van der Waals surface area contributed by atoms with Crippen LogP contribution < -0.4 is 0 Å². The van der Waals surface area contributed by atoms with E-state index in [1.807, 2.05) is 17.8 Å². The zero-order valence-electron chi connectivity index (χ0n) is 7.55. The van der Waals surface area contributed by atoms with Crippen LogP contribution in [0.5, 0.6) is 0 Å². The van der Waals surface area contributed by atoms with E-state index in [1.165, 1.54) is 23.5 Å². The third-order valence-electron chi connectivity index (χ3n) is 1.73. The minimum Gasteiger partial charge on any atom is -0.126 e. The van der Waals surface area contributed by atoms with E-state index in [-0.39, 0.29) is 0 Å². The summed E-state index contributed by atoms with van der Waals surface area (Å²) in [5.74, 6) is 1.21. The van der Waals surface area contributed by atoms with E-state index >= 15 is 0 Å². The van der Waals surface area contributed by atoms with Crippen LogP contribution in [0, 0.1) is 6.92 Å². The van der Waals surface area contributed by atoms with Crippen molar-refractivity contribution in [1.82, 2.24) is 0 Å². The Morgan fingerprint density at radius 1 is 1.33 bits per heavy atom. The molecule has 1 aromatic carbocycles. The van der Waals surface area contributed by atoms with Crippen molar-refractivity contribution in [1.29, 1.82) is 0 Å². The molecule has 0 atom stereocenters. The first-order valence-electron chi connectivity index (χ1n) is 4.38. The topological polar surface area (TPSA) is 0 Å². The Kier molecular flexibility index (Phi) is 4.23. The molecule has 1 heteroatoms. The lowest BCUT2D eigenvalue weighted by Gasteiger charge is -2.03. The number of benzene rings is 1. The number of thioether (sulfide) groups is 1. The number of unbranched alkanes of at least 4 members (excludes halogenated alkanes) is 1. The van der Waals surface area contributed by atoms with Crippen molar-refractivity contribution < 1.29 is 0 Å². The Balaban J connectivity index is 2.46. The van der Waals surface area contributed by atoms with Gasteiger partial charge in [0.1, 0.15) is 0 Å². The third kappa shape index (κ3) is 2.90. The summed E-state index contributed by atoms with van der Waals surface area (Å²) < 4.78 is 0. The van der Waals surface area contributed by atoms with Crippen LogP contribution in [0.3, 0.4) is 0 Å². The number of hydrogen-bond donors (Lipinski definition) is 0. The van der Waals surface area contributed by atoms with Crippen molar-refractivity contribution in [3.05, 3.63) is 36.8 Å². The normalized spacial score (nSPS) is 10.2. The Hall–Kier alpha value is -0.430. The van der Waals surface area contributed by atoms with Crippen molar-refractivity contribution in [2.45, 2.75) is 24.7 Å². The van der Waals surface area contributed by atoms with E-state index < -0.39 is 0 Å². The standard InChI is InChI=1S/C11H15S/c1-3-4-9-12-11-8-6-5-7-10(11)2/h5-8H,2-4,9H2,1H3. The van der Waals surface area contributed by atoms with Crippen LogP contribution in [0.15, 0.2) is 29.2 Å². The summed E-state index contributed by atoms with van der Waals surface area (Å²) in [5, 5.41) is 0. The van der Waals surface area contributed by atoms with E-state index in [0.717, 1.165) is 5.56 Å². The predicted octanol–water partition coefficient (Wildman–Crippen LogP) is 3.76. The molecule has 12 heavy (non-hydrogen) atoms. The Morgan fingerprint density at radius 2 is 2.08 bits per heavy atom. The quantitative estimate of drug-likeness (QED) is 0.501. The second-order valence-corrected chi connectivity index (χ2v) is 3.95. The first-order valence-corrected chi connectivity index (χ1v) is 5.37. The summed E-state index contributed by atoms with van der Waals surface area (Å²) >= 11 is 1.91. The molecule has 0 heterocycles. The maximum absolute atomic E-state index is 3.98. The molecule has 0 amide bonds. The summed E-state index contributed by atoms with van der Waals surface area (Å²) in [6, 6.07) is 8.31. The molecular weight excluding hydrogens is 164 g/mol. The SMILES string of the molecule is [CH2]c1ccccc1SCCCC. The van der Waals surface area contributed by atoms with Crippen LogP contribution in [0.25, 0.3) is 0 Å². The molecule has 0 bridgehead atoms. The van der Waals surface area contributed by atoms with Gasteiger partial charge in [-0.15, -0.1) is 11.8 Å². The van der Waals surface area contributed by atoms with Crippen molar-refractivity contribution in [3.8, 4) is 0 Å². The molecule has 0 aliphatic heterocycles. The molecule has 0 unspecified atom stereocenters. The van der Waals surface area contributed by atoms with E-state index in [1.54, 1.807) is 0 Å². The highest BCUT2D eigenvalue weighted by molar-refractivity contribution is 7.99. The Morgan fingerprint density at radius 3 is 2.75 bits per heavy atom. The van der Waals surface area contributed by atoms with Gasteiger partial charge in [-0.2, -0.15) is 0 Å². The predicted molar refractivity (Wildman–Crippen MR) is 56.5 cm³/mol. The van der Waals surface area contributed by atoms with Crippen molar-refractivity contribution in [2.75, 3.05) is 5.75 Å². The average Bonchev–Trinajstić information content (AvgIpc) is 2.09.